The molecular weight excluding hydrogens is 260 g/mol. The number of nitrogens with one attached hydrogen (secondary N) is 1. The molecule has 0 aliphatic heterocycles. The maximum atomic E-state index is 11.3. The molecule has 2 heterocycles. The molecule has 0 saturated carbocycles. The summed E-state index contributed by atoms with van der Waals surface area (Å²) in [6, 6.07) is 9.42. The Kier molecular flexibility index (Phi) is 2.84. The summed E-state index contributed by atoms with van der Waals surface area (Å²) in [6.07, 6.45) is 3.47. The lowest BCUT2D eigenvalue weighted by Gasteiger charge is -2.04. The second-order valence-corrected chi connectivity index (χ2v) is 4.76. The predicted octanol–water partition coefficient (Wildman–Crippen LogP) is 4.09. The van der Waals surface area contributed by atoms with Crippen LogP contribution < -0.4 is 0 Å². The summed E-state index contributed by atoms with van der Waals surface area (Å²) in [5.41, 5.74) is 3.48. The van der Waals surface area contributed by atoms with Crippen LogP contribution in [-0.4, -0.2) is 15.8 Å². The number of aromatic nitrogens is 2. The Balaban J connectivity index is 2.18. The fraction of sp³-hybridized carbons (Fsp3) is 0.0667. The van der Waals surface area contributed by atoms with Crippen LogP contribution in [0.4, 0.5) is 0 Å². The number of halogens is 1. The Morgan fingerprint density at radius 1 is 1.21 bits per heavy atom. The van der Waals surface area contributed by atoms with E-state index >= 15 is 0 Å². The molecule has 0 saturated heterocycles. The highest BCUT2D eigenvalue weighted by molar-refractivity contribution is 6.36. The number of nitrogens with zero attached hydrogens (tertiary/aromatic N) is 1. The van der Waals surface area contributed by atoms with Crippen molar-refractivity contribution in [2.75, 3.05) is 0 Å². The molecule has 3 rings (SSSR count). The number of H-pyrrole nitrogens is 1. The molecule has 0 bridgehead atoms. The Morgan fingerprint density at radius 3 is 2.63 bits per heavy atom. The van der Waals surface area contributed by atoms with E-state index in [2.05, 4.69) is 9.97 Å². The van der Waals surface area contributed by atoms with Gasteiger partial charge in [-0.05, 0) is 24.1 Å². The standard InChI is InChI=1S/C15H11ClN2O/c1-9(19)10-2-4-11(5-3-10)12-6-7-17-15-14(12)13(16)8-18-15/h2-8H,1H3,(H,17,18). The minimum atomic E-state index is 0.0612. The van der Waals surface area contributed by atoms with Crippen LogP contribution in [0.3, 0.4) is 0 Å². The van der Waals surface area contributed by atoms with E-state index in [1.165, 1.54) is 0 Å². The molecule has 19 heavy (non-hydrogen) atoms. The number of fused-ring (bicyclic) bond motifs is 1. The number of benzene rings is 1. The van der Waals surface area contributed by atoms with Crippen LogP contribution in [0.1, 0.15) is 17.3 Å². The number of aromatic amines is 1. The monoisotopic (exact) mass is 270 g/mol. The zero-order chi connectivity index (χ0) is 13.4. The van der Waals surface area contributed by atoms with Crippen molar-refractivity contribution in [1.82, 2.24) is 9.97 Å². The highest BCUT2D eigenvalue weighted by Crippen LogP contribution is 2.32. The number of Topliss-reactive ketones (excluding diaryl/α,β-unsaturated/α-hetero) is 1. The number of pyridine rings is 1. The second-order valence-electron chi connectivity index (χ2n) is 4.35. The first-order valence-electron chi connectivity index (χ1n) is 5.90. The van der Waals surface area contributed by atoms with E-state index in [-0.39, 0.29) is 5.78 Å². The fourth-order valence-electron chi connectivity index (χ4n) is 2.14. The molecule has 0 fully saturated rings. The van der Waals surface area contributed by atoms with Crippen LogP contribution in [0, 0.1) is 0 Å². The largest absolute Gasteiger partial charge is 0.345 e. The summed E-state index contributed by atoms with van der Waals surface area (Å²) in [5.74, 6) is 0.0612. The minimum Gasteiger partial charge on any atom is -0.345 e. The average molecular weight is 271 g/mol. The highest BCUT2D eigenvalue weighted by atomic mass is 35.5. The Labute approximate surface area is 115 Å². The molecule has 1 aromatic carbocycles. The average Bonchev–Trinajstić information content (AvgIpc) is 2.81. The molecule has 94 valence electrons. The van der Waals surface area contributed by atoms with Gasteiger partial charge in [0.1, 0.15) is 5.65 Å². The van der Waals surface area contributed by atoms with Crippen LogP contribution in [0.2, 0.25) is 5.02 Å². The molecule has 0 aliphatic carbocycles. The van der Waals surface area contributed by atoms with Crippen LogP contribution in [0.25, 0.3) is 22.2 Å². The van der Waals surface area contributed by atoms with Gasteiger partial charge in [-0.2, -0.15) is 0 Å². The quantitative estimate of drug-likeness (QED) is 0.713. The fourth-order valence-corrected chi connectivity index (χ4v) is 2.39. The molecule has 1 N–H and O–H groups in total. The van der Waals surface area contributed by atoms with Crippen LogP contribution in [0.5, 0.6) is 0 Å². The zero-order valence-electron chi connectivity index (χ0n) is 10.3. The summed E-state index contributed by atoms with van der Waals surface area (Å²) in [6.45, 7) is 1.56. The highest BCUT2D eigenvalue weighted by Gasteiger charge is 2.10. The first-order chi connectivity index (χ1) is 9.16. The molecule has 4 heteroatoms. The molecule has 3 aromatic rings. The Morgan fingerprint density at radius 2 is 1.95 bits per heavy atom. The number of rotatable bonds is 2. The normalized spacial score (nSPS) is 10.8. The van der Waals surface area contributed by atoms with E-state index in [1.54, 1.807) is 19.3 Å². The molecule has 0 amide bonds. The summed E-state index contributed by atoms with van der Waals surface area (Å²) in [5, 5.41) is 1.55. The van der Waals surface area contributed by atoms with Crippen molar-refractivity contribution in [2.24, 2.45) is 0 Å². The number of hydrogen-bond acceptors (Lipinski definition) is 2. The molecular formula is C15H11ClN2O. The third-order valence-corrected chi connectivity index (χ3v) is 3.43. The summed E-state index contributed by atoms with van der Waals surface area (Å²) >= 11 is 6.18. The predicted molar refractivity (Wildman–Crippen MR) is 76.5 cm³/mol. The molecule has 0 unspecified atom stereocenters. The van der Waals surface area contributed by atoms with E-state index in [9.17, 15) is 4.79 Å². The molecule has 0 spiro atoms. The van der Waals surface area contributed by atoms with E-state index in [0.29, 0.717) is 10.6 Å². The van der Waals surface area contributed by atoms with Gasteiger partial charge >= 0.3 is 0 Å². The SMILES string of the molecule is CC(=O)c1ccc(-c2ccnc3[nH]cc(Cl)c23)cc1. The van der Waals surface area contributed by atoms with E-state index in [4.69, 9.17) is 11.6 Å². The van der Waals surface area contributed by atoms with Gasteiger partial charge < -0.3 is 4.98 Å². The van der Waals surface area contributed by atoms with Gasteiger partial charge in [0.2, 0.25) is 0 Å². The van der Waals surface area contributed by atoms with Crippen LogP contribution in [-0.2, 0) is 0 Å². The lowest BCUT2D eigenvalue weighted by Crippen LogP contribution is -1.91. The summed E-state index contributed by atoms with van der Waals surface area (Å²) in [4.78, 5) is 18.6. The molecule has 0 atom stereocenters. The lowest BCUT2D eigenvalue weighted by molar-refractivity contribution is 0.101. The molecule has 0 radical (unpaired) electrons. The van der Waals surface area contributed by atoms with Gasteiger partial charge in [0.15, 0.2) is 5.78 Å². The lowest BCUT2D eigenvalue weighted by atomic mass is 10.0. The van der Waals surface area contributed by atoms with Crippen molar-refractivity contribution in [3.05, 3.63) is 53.3 Å². The molecule has 3 nitrogen and oxygen atoms in total. The van der Waals surface area contributed by atoms with Gasteiger partial charge in [0.05, 0.1) is 5.02 Å². The van der Waals surface area contributed by atoms with Gasteiger partial charge in [0.25, 0.3) is 0 Å². The summed E-state index contributed by atoms with van der Waals surface area (Å²) < 4.78 is 0. The van der Waals surface area contributed by atoms with Crippen molar-refractivity contribution in [1.29, 1.82) is 0 Å². The van der Waals surface area contributed by atoms with Crippen LogP contribution >= 0.6 is 11.6 Å². The molecule has 2 aromatic heterocycles. The van der Waals surface area contributed by atoms with Gasteiger partial charge in [-0.25, -0.2) is 4.98 Å². The van der Waals surface area contributed by atoms with Crippen molar-refractivity contribution < 1.29 is 4.79 Å². The smallest absolute Gasteiger partial charge is 0.159 e. The first kappa shape index (κ1) is 11.9. The second kappa shape index (κ2) is 4.52. The third-order valence-electron chi connectivity index (χ3n) is 3.13. The maximum absolute atomic E-state index is 11.3. The van der Waals surface area contributed by atoms with Crippen LogP contribution in [0.15, 0.2) is 42.7 Å². The Hall–Kier alpha value is -2.13. The van der Waals surface area contributed by atoms with Gasteiger partial charge in [-0.1, -0.05) is 35.9 Å². The first-order valence-corrected chi connectivity index (χ1v) is 6.27. The number of hydrogen-bond donors (Lipinski definition) is 1. The maximum Gasteiger partial charge on any atom is 0.159 e. The van der Waals surface area contributed by atoms with Gasteiger partial charge in [-0.15, -0.1) is 0 Å². The van der Waals surface area contributed by atoms with Crippen molar-refractivity contribution in [3.63, 3.8) is 0 Å². The zero-order valence-corrected chi connectivity index (χ0v) is 11.0. The number of carbonyl (C=O) groups excluding carboxylic acids is 1. The minimum absolute atomic E-state index is 0.0612. The summed E-state index contributed by atoms with van der Waals surface area (Å²) in [7, 11) is 0. The Bertz CT molecular complexity index is 759. The van der Waals surface area contributed by atoms with E-state index < -0.39 is 0 Å². The molecule has 0 aliphatic rings. The van der Waals surface area contributed by atoms with Crippen molar-refractivity contribution in [3.8, 4) is 11.1 Å². The van der Waals surface area contributed by atoms with Crippen molar-refractivity contribution in [2.45, 2.75) is 6.92 Å². The number of carbonyl (C=O) groups is 1. The van der Waals surface area contributed by atoms with Crippen molar-refractivity contribution >= 4 is 28.4 Å². The van der Waals surface area contributed by atoms with Gasteiger partial charge in [0, 0.05) is 23.3 Å². The van der Waals surface area contributed by atoms with Gasteiger partial charge in [-0.3, -0.25) is 4.79 Å². The topological polar surface area (TPSA) is 45.8 Å². The van der Waals surface area contributed by atoms with E-state index in [0.717, 1.165) is 22.2 Å². The third kappa shape index (κ3) is 2.02. The van der Waals surface area contributed by atoms with E-state index in [1.807, 2.05) is 30.3 Å². The number of ketones is 1.